The standard InChI is InChI=1S/C87H80B2N4Si2/c1-54-46-73-81-74(47-54)91(65-39-33-61(34-40-65)59-20-12-9-13-21-59)70-24-17-29-80-86(70)89(81)85-69(90(73)64-37-31-60(32-38-64)58-18-10-8-11-19-58)23-16-28-79(85)95(80,7)45-44-56-51-75-82-76(52-56)93(72-53-57-48-55-30-43-67(72)62(49-55)50-57)71-25-15-27-78-84(71)88(82)83-68(22-14-26-77(83)94(78,5)6)92(75)66-41-35-63(36-42-66)87(2,3)4/h8-29,31-42,46-47,51-52,55,57,62,67,72H,30,43-45,48-50,53H2,1-7H3. The zero-order valence-electron chi connectivity index (χ0n) is 55.9. The SMILES string of the molecule is Cc1cc2c3c(c1)N(c1ccc(-c4ccccc4)cc1)c1cccc4c1B3c1c(cccc1[Si]4(C)CCc1cc3c4c(c1)N(C1CC5CC6CCC1C(C6)C5)c1cccc5c1B4c1c(cccc1[Si]5(C)C)N3c1ccc(C(C)(C)C)cc1)N2c1ccc(-c2ccccc2)cc1. The fourth-order valence-corrected chi connectivity index (χ4v) is 28.6. The first-order valence-corrected chi connectivity index (χ1v) is 41.4. The van der Waals surface area contributed by atoms with Gasteiger partial charge in [0.15, 0.2) is 0 Å². The Morgan fingerprint density at radius 1 is 0.400 bits per heavy atom. The summed E-state index contributed by atoms with van der Waals surface area (Å²) >= 11 is 0. The number of nitrogens with zero attached hydrogens (tertiary/aromatic N) is 4. The van der Waals surface area contributed by atoms with Gasteiger partial charge in [-0.05, 0) is 237 Å². The average molecular weight is 1260 g/mol. The van der Waals surface area contributed by atoms with Crippen LogP contribution < -0.4 is 73.1 Å². The van der Waals surface area contributed by atoms with Gasteiger partial charge in [0.05, 0.1) is 0 Å². The fraction of sp³-hybridized carbons (Fsp3) is 0.241. The molecule has 4 nitrogen and oxygen atoms in total. The molecule has 95 heavy (non-hydrogen) atoms. The van der Waals surface area contributed by atoms with E-state index in [4.69, 9.17) is 0 Å². The molecule has 11 aromatic carbocycles. The van der Waals surface area contributed by atoms with Gasteiger partial charge in [-0.2, -0.15) is 0 Å². The number of anilines is 11. The van der Waals surface area contributed by atoms with Crippen molar-refractivity contribution < 1.29 is 0 Å². The molecule has 20 rings (SSSR count). The lowest BCUT2D eigenvalue weighted by Gasteiger charge is -2.57. The van der Waals surface area contributed by atoms with Crippen LogP contribution in [0.15, 0.2) is 231 Å². The summed E-state index contributed by atoms with van der Waals surface area (Å²) in [7, 11) is -4.84. The van der Waals surface area contributed by atoms with Crippen LogP contribution in [0.1, 0.15) is 76.0 Å². The zero-order valence-corrected chi connectivity index (χ0v) is 57.9. The van der Waals surface area contributed by atoms with E-state index in [0.717, 1.165) is 30.2 Å². The summed E-state index contributed by atoms with van der Waals surface area (Å²) in [6, 6.07) is 92.5. The molecule has 3 aliphatic carbocycles. The zero-order chi connectivity index (χ0) is 63.5. The van der Waals surface area contributed by atoms with Crippen LogP contribution in [0, 0.1) is 30.6 Å². The highest BCUT2D eigenvalue weighted by Crippen LogP contribution is 2.56. The highest BCUT2D eigenvalue weighted by atomic mass is 28.3. The van der Waals surface area contributed by atoms with Gasteiger partial charge in [-0.3, -0.25) is 0 Å². The summed E-state index contributed by atoms with van der Waals surface area (Å²) < 4.78 is 0. The average Bonchev–Trinajstić information content (AvgIpc) is 0.679. The molecule has 0 N–H and O–H groups in total. The van der Waals surface area contributed by atoms with Crippen molar-refractivity contribution in [3.8, 4) is 22.3 Å². The molecule has 3 fully saturated rings. The molecule has 0 saturated heterocycles. The Balaban J connectivity index is 0.794. The van der Waals surface area contributed by atoms with Crippen molar-refractivity contribution in [3.63, 3.8) is 0 Å². The van der Waals surface area contributed by atoms with Crippen LogP contribution in [0.4, 0.5) is 62.6 Å². The third-order valence-electron chi connectivity index (χ3n) is 25.3. The van der Waals surface area contributed by atoms with Gasteiger partial charge in [0.1, 0.15) is 16.1 Å². The number of rotatable bonds is 9. The Labute approximate surface area is 564 Å². The van der Waals surface area contributed by atoms with Gasteiger partial charge >= 0.3 is 0 Å². The van der Waals surface area contributed by atoms with Gasteiger partial charge in [0.25, 0.3) is 13.4 Å². The monoisotopic (exact) mass is 1260 g/mol. The van der Waals surface area contributed by atoms with E-state index in [1.54, 1.807) is 37.1 Å². The predicted octanol–water partition coefficient (Wildman–Crippen LogP) is 15.6. The largest absolute Gasteiger partial charge is 0.339 e. The summed E-state index contributed by atoms with van der Waals surface area (Å²) in [5.74, 6) is 3.28. The number of fused-ring (bicyclic) bond motifs is 2. The maximum Gasteiger partial charge on any atom is 0.251 e. The highest BCUT2D eigenvalue weighted by Gasteiger charge is 2.57. The van der Waals surface area contributed by atoms with Crippen LogP contribution in [-0.2, 0) is 11.8 Å². The van der Waals surface area contributed by atoms with Crippen LogP contribution >= 0.6 is 0 Å². The maximum absolute atomic E-state index is 3.07. The number of hydrogen-bond acceptors (Lipinski definition) is 4. The second kappa shape index (κ2) is 20.4. The Morgan fingerprint density at radius 2 is 0.842 bits per heavy atom. The first-order valence-electron chi connectivity index (χ1n) is 35.7. The van der Waals surface area contributed by atoms with E-state index >= 15 is 0 Å². The topological polar surface area (TPSA) is 13.0 Å². The van der Waals surface area contributed by atoms with E-state index in [1.165, 1.54) is 156 Å². The van der Waals surface area contributed by atoms with Crippen molar-refractivity contribution >= 4 is 146 Å². The van der Waals surface area contributed by atoms with E-state index in [1.807, 2.05) is 0 Å². The minimum Gasteiger partial charge on any atom is -0.339 e. The molecule has 6 heterocycles. The van der Waals surface area contributed by atoms with Crippen molar-refractivity contribution in [3.05, 3.63) is 247 Å². The number of aryl methyl sites for hydroxylation is 2. The second-order valence-electron chi connectivity index (χ2n) is 31.8. The van der Waals surface area contributed by atoms with Gasteiger partial charge in [-0.25, -0.2) is 0 Å². The normalized spacial score (nSPS) is 21.0. The molecule has 0 amide bonds. The van der Waals surface area contributed by atoms with Crippen LogP contribution in [0.25, 0.3) is 22.3 Å². The van der Waals surface area contributed by atoms with E-state index in [0.29, 0.717) is 12.0 Å². The predicted molar refractivity (Wildman–Crippen MR) is 411 cm³/mol. The van der Waals surface area contributed by atoms with Crippen LogP contribution in [0.5, 0.6) is 0 Å². The highest BCUT2D eigenvalue weighted by molar-refractivity contribution is 7.17. The number of hydrogen-bond donors (Lipinski definition) is 0. The van der Waals surface area contributed by atoms with Crippen molar-refractivity contribution in [1.82, 2.24) is 0 Å². The van der Waals surface area contributed by atoms with E-state index in [9.17, 15) is 0 Å². The first-order chi connectivity index (χ1) is 46.3. The summed E-state index contributed by atoms with van der Waals surface area (Å²) in [4.78, 5) is 11.1. The molecule has 462 valence electrons. The molecular formula is C87H80B2N4Si2. The fourth-order valence-electron chi connectivity index (χ4n) is 21.1. The molecular weight excluding hydrogens is 1180 g/mol. The van der Waals surface area contributed by atoms with Crippen molar-refractivity contribution in [2.24, 2.45) is 23.7 Å². The Kier molecular flexibility index (Phi) is 12.1. The quantitative estimate of drug-likeness (QED) is 0.134. The summed E-state index contributed by atoms with van der Waals surface area (Å²) in [6.45, 7) is 17.7. The Bertz CT molecular complexity index is 4850. The molecule has 8 heteroatoms. The van der Waals surface area contributed by atoms with Crippen molar-refractivity contribution in [2.45, 2.75) is 110 Å². The van der Waals surface area contributed by atoms with Crippen LogP contribution in [0.2, 0.25) is 25.7 Å². The second-order valence-corrected chi connectivity index (χ2v) is 40.4. The molecule has 5 unspecified atom stereocenters. The van der Waals surface area contributed by atoms with Crippen LogP contribution in [0.3, 0.4) is 0 Å². The molecule has 5 atom stereocenters. The van der Waals surface area contributed by atoms with E-state index in [-0.39, 0.29) is 18.8 Å². The smallest absolute Gasteiger partial charge is 0.251 e. The summed E-state index contributed by atoms with van der Waals surface area (Å²) in [6.07, 6.45) is 9.37. The summed E-state index contributed by atoms with van der Waals surface area (Å²) in [5, 5.41) is 6.45. The third kappa shape index (κ3) is 8.07. The summed E-state index contributed by atoms with van der Waals surface area (Å²) in [5.41, 5.74) is 33.0. The maximum atomic E-state index is 3.07. The van der Waals surface area contributed by atoms with E-state index < -0.39 is 16.1 Å². The van der Waals surface area contributed by atoms with Gasteiger partial charge in [0.2, 0.25) is 0 Å². The molecule has 3 saturated carbocycles. The Hall–Kier alpha value is -8.82. The van der Waals surface area contributed by atoms with Crippen molar-refractivity contribution in [2.75, 3.05) is 19.6 Å². The first kappa shape index (κ1) is 56.5. The minimum absolute atomic E-state index is 0.0445. The van der Waals surface area contributed by atoms with Gasteiger partial charge in [-0.1, -0.05) is 213 Å². The minimum atomic E-state index is -2.67. The number of benzene rings is 11. The van der Waals surface area contributed by atoms with Crippen molar-refractivity contribution in [1.29, 1.82) is 0 Å². The molecule has 0 spiro atoms. The van der Waals surface area contributed by atoms with Gasteiger partial charge < -0.3 is 19.6 Å². The van der Waals surface area contributed by atoms with Gasteiger partial charge in [-0.15, -0.1) is 0 Å². The molecule has 0 radical (unpaired) electrons. The lowest BCUT2D eigenvalue weighted by atomic mass is 9.33. The lowest BCUT2D eigenvalue weighted by molar-refractivity contribution is 0.0177. The van der Waals surface area contributed by atoms with Gasteiger partial charge in [0, 0.05) is 68.6 Å². The molecule has 3 bridgehead atoms. The Morgan fingerprint density at radius 3 is 1.38 bits per heavy atom. The van der Waals surface area contributed by atoms with E-state index in [2.05, 4.69) is 297 Å². The van der Waals surface area contributed by atoms with Crippen LogP contribution in [-0.4, -0.2) is 35.6 Å². The molecule has 6 aliphatic heterocycles. The molecule has 11 aromatic rings. The third-order valence-corrected chi connectivity index (χ3v) is 33.3. The lowest BCUT2D eigenvalue weighted by Crippen LogP contribution is -2.80. The molecule has 9 aliphatic rings. The molecule has 0 aromatic heterocycles.